The van der Waals surface area contributed by atoms with E-state index in [2.05, 4.69) is 15.3 Å². The Hall–Kier alpha value is -2.62. The largest absolute Gasteiger partial charge is 0.508 e. The standard InChI is InChI=1S/C16H15N3O/c20-14-2-1-13-6-10-19-16(15(13)11-14)18-9-5-12-3-7-17-8-4-12/h1-4,6-8,10-11,20H,5,9H2,(H,18,19). The van der Waals surface area contributed by atoms with Gasteiger partial charge in [0.2, 0.25) is 0 Å². The molecule has 2 aromatic heterocycles. The van der Waals surface area contributed by atoms with Gasteiger partial charge in [-0.15, -0.1) is 0 Å². The number of hydrogen-bond donors (Lipinski definition) is 2. The zero-order valence-electron chi connectivity index (χ0n) is 11.0. The van der Waals surface area contributed by atoms with Gasteiger partial charge < -0.3 is 10.4 Å². The Labute approximate surface area is 117 Å². The number of rotatable bonds is 4. The third-order valence-electron chi connectivity index (χ3n) is 3.21. The molecular weight excluding hydrogens is 250 g/mol. The summed E-state index contributed by atoms with van der Waals surface area (Å²) in [5.41, 5.74) is 1.23. The van der Waals surface area contributed by atoms with Crippen LogP contribution in [0, 0.1) is 0 Å². The molecule has 0 spiro atoms. The highest BCUT2D eigenvalue weighted by atomic mass is 16.3. The molecule has 0 aliphatic heterocycles. The van der Waals surface area contributed by atoms with E-state index >= 15 is 0 Å². The molecule has 0 atom stereocenters. The van der Waals surface area contributed by atoms with Crippen molar-refractivity contribution in [1.29, 1.82) is 0 Å². The van der Waals surface area contributed by atoms with E-state index in [1.807, 2.05) is 24.3 Å². The van der Waals surface area contributed by atoms with E-state index < -0.39 is 0 Å². The van der Waals surface area contributed by atoms with Gasteiger partial charge in [0.15, 0.2) is 0 Å². The number of pyridine rings is 2. The van der Waals surface area contributed by atoms with Gasteiger partial charge in [-0.25, -0.2) is 4.98 Å². The highest BCUT2D eigenvalue weighted by molar-refractivity contribution is 5.92. The lowest BCUT2D eigenvalue weighted by molar-refractivity contribution is 0.476. The molecule has 0 aliphatic rings. The van der Waals surface area contributed by atoms with Crippen molar-refractivity contribution >= 4 is 16.6 Å². The van der Waals surface area contributed by atoms with Crippen molar-refractivity contribution in [3.63, 3.8) is 0 Å². The van der Waals surface area contributed by atoms with E-state index in [-0.39, 0.29) is 5.75 Å². The van der Waals surface area contributed by atoms with Gasteiger partial charge in [-0.3, -0.25) is 4.98 Å². The minimum atomic E-state index is 0.252. The number of nitrogens with zero attached hydrogens (tertiary/aromatic N) is 2. The number of nitrogens with one attached hydrogen (secondary N) is 1. The van der Waals surface area contributed by atoms with E-state index in [0.717, 1.165) is 29.6 Å². The molecule has 0 saturated carbocycles. The molecule has 4 heteroatoms. The number of hydrogen-bond acceptors (Lipinski definition) is 4. The van der Waals surface area contributed by atoms with Crippen molar-refractivity contribution in [3.8, 4) is 5.75 Å². The Morgan fingerprint density at radius 1 is 1.00 bits per heavy atom. The minimum Gasteiger partial charge on any atom is -0.508 e. The first-order valence-corrected chi connectivity index (χ1v) is 6.53. The molecule has 20 heavy (non-hydrogen) atoms. The monoisotopic (exact) mass is 265 g/mol. The lowest BCUT2D eigenvalue weighted by Crippen LogP contribution is -2.06. The van der Waals surface area contributed by atoms with Crippen LogP contribution in [-0.4, -0.2) is 21.6 Å². The minimum absolute atomic E-state index is 0.252. The molecule has 2 heterocycles. The lowest BCUT2D eigenvalue weighted by Gasteiger charge is -2.09. The van der Waals surface area contributed by atoms with Crippen molar-refractivity contribution in [2.24, 2.45) is 0 Å². The maximum absolute atomic E-state index is 9.60. The molecule has 3 aromatic rings. The van der Waals surface area contributed by atoms with Crippen LogP contribution in [-0.2, 0) is 6.42 Å². The fourth-order valence-corrected chi connectivity index (χ4v) is 2.17. The van der Waals surface area contributed by atoms with Gasteiger partial charge in [0, 0.05) is 30.5 Å². The van der Waals surface area contributed by atoms with Crippen LogP contribution in [0.25, 0.3) is 10.8 Å². The molecule has 0 bridgehead atoms. The fraction of sp³-hybridized carbons (Fsp3) is 0.125. The Morgan fingerprint density at radius 2 is 1.85 bits per heavy atom. The molecule has 0 radical (unpaired) electrons. The summed E-state index contributed by atoms with van der Waals surface area (Å²) in [6, 6.07) is 11.2. The van der Waals surface area contributed by atoms with Gasteiger partial charge in [-0.05, 0) is 47.7 Å². The molecule has 0 fully saturated rings. The summed E-state index contributed by atoms with van der Waals surface area (Å²) in [5, 5.41) is 14.9. The van der Waals surface area contributed by atoms with Gasteiger partial charge in [0.1, 0.15) is 11.6 Å². The highest BCUT2D eigenvalue weighted by Crippen LogP contribution is 2.24. The van der Waals surface area contributed by atoms with E-state index in [9.17, 15) is 5.11 Å². The zero-order valence-corrected chi connectivity index (χ0v) is 11.0. The van der Waals surface area contributed by atoms with Crippen molar-refractivity contribution in [1.82, 2.24) is 9.97 Å². The number of phenolic OH excluding ortho intramolecular Hbond substituents is 1. The summed E-state index contributed by atoms with van der Waals surface area (Å²) in [6.45, 7) is 0.784. The first kappa shape index (κ1) is 12.4. The Bertz CT molecular complexity index is 713. The average molecular weight is 265 g/mol. The normalized spacial score (nSPS) is 10.6. The van der Waals surface area contributed by atoms with Gasteiger partial charge in [0.25, 0.3) is 0 Å². The maximum atomic E-state index is 9.60. The predicted molar refractivity (Wildman–Crippen MR) is 79.8 cm³/mol. The van der Waals surface area contributed by atoms with Crippen LogP contribution in [0.2, 0.25) is 0 Å². The molecule has 3 rings (SSSR count). The summed E-state index contributed by atoms with van der Waals surface area (Å²) < 4.78 is 0. The van der Waals surface area contributed by atoms with Crippen LogP contribution in [0.1, 0.15) is 5.56 Å². The molecule has 4 nitrogen and oxygen atoms in total. The summed E-state index contributed by atoms with van der Waals surface area (Å²) >= 11 is 0. The Morgan fingerprint density at radius 3 is 2.70 bits per heavy atom. The quantitative estimate of drug-likeness (QED) is 0.761. The first-order valence-electron chi connectivity index (χ1n) is 6.53. The summed E-state index contributed by atoms with van der Waals surface area (Å²) in [4.78, 5) is 8.35. The van der Waals surface area contributed by atoms with Crippen molar-refractivity contribution in [2.45, 2.75) is 6.42 Å². The third-order valence-corrected chi connectivity index (χ3v) is 3.21. The van der Waals surface area contributed by atoms with Gasteiger partial charge in [-0.2, -0.15) is 0 Å². The number of anilines is 1. The van der Waals surface area contributed by atoms with E-state index in [0.29, 0.717) is 0 Å². The number of aromatic hydroxyl groups is 1. The van der Waals surface area contributed by atoms with E-state index in [1.54, 1.807) is 30.7 Å². The number of phenols is 1. The molecule has 0 aliphatic carbocycles. The third kappa shape index (κ3) is 2.69. The fourth-order valence-electron chi connectivity index (χ4n) is 2.17. The Balaban J connectivity index is 1.76. The molecule has 0 saturated heterocycles. The molecule has 1 aromatic carbocycles. The second kappa shape index (κ2) is 5.57. The van der Waals surface area contributed by atoms with E-state index in [1.165, 1.54) is 5.56 Å². The van der Waals surface area contributed by atoms with Crippen LogP contribution >= 0.6 is 0 Å². The second-order valence-electron chi connectivity index (χ2n) is 4.60. The van der Waals surface area contributed by atoms with Gasteiger partial charge in [0.05, 0.1) is 0 Å². The summed E-state index contributed by atoms with van der Waals surface area (Å²) in [7, 11) is 0. The van der Waals surface area contributed by atoms with E-state index in [4.69, 9.17) is 0 Å². The maximum Gasteiger partial charge on any atom is 0.133 e. The van der Waals surface area contributed by atoms with Crippen molar-refractivity contribution < 1.29 is 5.11 Å². The molecule has 2 N–H and O–H groups in total. The average Bonchev–Trinajstić information content (AvgIpc) is 2.49. The highest BCUT2D eigenvalue weighted by Gasteiger charge is 2.03. The van der Waals surface area contributed by atoms with Crippen LogP contribution in [0.5, 0.6) is 5.75 Å². The van der Waals surface area contributed by atoms with Gasteiger partial charge in [-0.1, -0.05) is 6.07 Å². The second-order valence-corrected chi connectivity index (χ2v) is 4.60. The molecule has 100 valence electrons. The number of benzene rings is 1. The Kier molecular flexibility index (Phi) is 3.46. The molecule has 0 amide bonds. The smallest absolute Gasteiger partial charge is 0.133 e. The molecular formula is C16H15N3O. The van der Waals surface area contributed by atoms with Gasteiger partial charge >= 0.3 is 0 Å². The van der Waals surface area contributed by atoms with Crippen molar-refractivity contribution in [3.05, 3.63) is 60.6 Å². The van der Waals surface area contributed by atoms with Crippen LogP contribution in [0.3, 0.4) is 0 Å². The van der Waals surface area contributed by atoms with Crippen LogP contribution in [0.15, 0.2) is 55.0 Å². The summed E-state index contributed by atoms with van der Waals surface area (Å²) in [5.74, 6) is 1.05. The van der Waals surface area contributed by atoms with Crippen LogP contribution < -0.4 is 5.32 Å². The number of aromatic nitrogens is 2. The first-order chi connectivity index (χ1) is 9.83. The SMILES string of the molecule is Oc1ccc2ccnc(NCCc3ccncc3)c2c1. The topological polar surface area (TPSA) is 58.0 Å². The predicted octanol–water partition coefficient (Wildman–Crippen LogP) is 2.99. The van der Waals surface area contributed by atoms with Crippen LogP contribution in [0.4, 0.5) is 5.82 Å². The zero-order chi connectivity index (χ0) is 13.8. The number of fused-ring (bicyclic) bond motifs is 1. The van der Waals surface area contributed by atoms with Crippen molar-refractivity contribution in [2.75, 3.05) is 11.9 Å². The summed E-state index contributed by atoms with van der Waals surface area (Å²) in [6.07, 6.45) is 6.26. The molecule has 0 unspecified atom stereocenters. The lowest BCUT2D eigenvalue weighted by atomic mass is 10.1.